The highest BCUT2D eigenvalue weighted by Crippen LogP contribution is 2.32. The minimum atomic E-state index is -2.89. The fourth-order valence-electron chi connectivity index (χ4n) is 1.86. The van der Waals surface area contributed by atoms with Gasteiger partial charge in [-0.1, -0.05) is 6.07 Å². The van der Waals surface area contributed by atoms with Crippen molar-refractivity contribution in [3.8, 4) is 11.5 Å². The smallest absolute Gasteiger partial charge is 0.387 e. The highest BCUT2D eigenvalue weighted by Gasteiger charge is 2.13. The number of nitrogens with zero attached hydrogens (tertiary/aromatic N) is 1. The van der Waals surface area contributed by atoms with E-state index in [0.717, 1.165) is 11.3 Å². The quantitative estimate of drug-likeness (QED) is 0.837. The van der Waals surface area contributed by atoms with E-state index in [-0.39, 0.29) is 17.6 Å². The molecule has 1 aromatic carbocycles. The van der Waals surface area contributed by atoms with Gasteiger partial charge in [0.05, 0.1) is 6.10 Å². The molecule has 0 spiro atoms. The molecule has 0 saturated heterocycles. The molecule has 0 saturated carbocycles. The van der Waals surface area contributed by atoms with Crippen LogP contribution in [0.2, 0.25) is 0 Å². The lowest BCUT2D eigenvalue weighted by atomic mass is 10.2. The van der Waals surface area contributed by atoms with Crippen LogP contribution >= 0.6 is 0 Å². The Morgan fingerprint density at radius 1 is 1.14 bits per heavy atom. The maximum absolute atomic E-state index is 12.4. The van der Waals surface area contributed by atoms with Crippen LogP contribution in [0.5, 0.6) is 11.5 Å². The number of benzene rings is 1. The Morgan fingerprint density at radius 2 is 1.95 bits per heavy atom. The monoisotopic (exact) mass is 308 g/mol. The molecule has 0 amide bonds. The molecule has 0 aliphatic rings. The Labute approximate surface area is 128 Å². The molecule has 0 aliphatic carbocycles. The molecule has 22 heavy (non-hydrogen) atoms. The van der Waals surface area contributed by atoms with E-state index in [0.29, 0.717) is 6.54 Å². The Morgan fingerprint density at radius 3 is 2.59 bits per heavy atom. The summed E-state index contributed by atoms with van der Waals surface area (Å²) in [4.78, 5) is 4.03. The molecule has 4 nitrogen and oxygen atoms in total. The summed E-state index contributed by atoms with van der Waals surface area (Å²) in [5.74, 6) is 0.308. The summed E-state index contributed by atoms with van der Waals surface area (Å²) in [5, 5.41) is 3.19. The second-order valence-electron chi connectivity index (χ2n) is 4.92. The highest BCUT2D eigenvalue weighted by molar-refractivity contribution is 5.55. The van der Waals surface area contributed by atoms with Gasteiger partial charge in [-0.25, -0.2) is 0 Å². The fraction of sp³-hybridized carbons (Fsp3) is 0.312. The lowest BCUT2D eigenvalue weighted by Gasteiger charge is -2.16. The Bertz CT molecular complexity index is 592. The van der Waals surface area contributed by atoms with E-state index in [9.17, 15) is 8.78 Å². The van der Waals surface area contributed by atoms with E-state index in [2.05, 4.69) is 15.0 Å². The van der Waals surface area contributed by atoms with Crippen molar-refractivity contribution in [1.82, 2.24) is 4.98 Å². The first-order valence-electron chi connectivity index (χ1n) is 6.93. The van der Waals surface area contributed by atoms with E-state index in [1.807, 2.05) is 26.0 Å². The van der Waals surface area contributed by atoms with Gasteiger partial charge < -0.3 is 14.8 Å². The molecule has 0 atom stereocenters. The molecular weight excluding hydrogens is 290 g/mol. The number of aromatic nitrogens is 1. The van der Waals surface area contributed by atoms with Gasteiger partial charge in [-0.15, -0.1) is 0 Å². The summed E-state index contributed by atoms with van der Waals surface area (Å²) in [6.07, 6.45) is 3.31. The first-order chi connectivity index (χ1) is 10.5. The first-order valence-corrected chi connectivity index (χ1v) is 6.93. The van der Waals surface area contributed by atoms with Gasteiger partial charge in [0.1, 0.15) is 0 Å². The molecule has 0 radical (unpaired) electrons. The largest absolute Gasteiger partial charge is 0.487 e. The van der Waals surface area contributed by atoms with Gasteiger partial charge in [-0.05, 0) is 37.6 Å². The molecule has 6 heteroatoms. The number of ether oxygens (including phenoxy) is 2. The van der Waals surface area contributed by atoms with Crippen LogP contribution < -0.4 is 14.8 Å². The summed E-state index contributed by atoms with van der Waals surface area (Å²) in [6.45, 7) is 1.33. The molecule has 1 N–H and O–H groups in total. The fourth-order valence-corrected chi connectivity index (χ4v) is 1.86. The average Bonchev–Trinajstić information content (AvgIpc) is 2.47. The molecular formula is C16H18F2N2O2. The van der Waals surface area contributed by atoms with Crippen molar-refractivity contribution in [2.75, 3.05) is 5.32 Å². The number of rotatable bonds is 7. The second kappa shape index (κ2) is 7.59. The molecule has 0 aliphatic heterocycles. The van der Waals surface area contributed by atoms with Crippen molar-refractivity contribution in [1.29, 1.82) is 0 Å². The Kier molecular flexibility index (Phi) is 5.52. The molecule has 2 aromatic rings. The van der Waals surface area contributed by atoms with E-state index < -0.39 is 6.61 Å². The molecule has 1 heterocycles. The van der Waals surface area contributed by atoms with E-state index >= 15 is 0 Å². The van der Waals surface area contributed by atoms with Crippen molar-refractivity contribution in [2.24, 2.45) is 0 Å². The van der Waals surface area contributed by atoms with Gasteiger partial charge in [0.15, 0.2) is 11.5 Å². The molecule has 0 bridgehead atoms. The van der Waals surface area contributed by atoms with E-state index in [1.165, 1.54) is 6.07 Å². The summed E-state index contributed by atoms with van der Waals surface area (Å²) in [6, 6.07) is 8.58. The zero-order chi connectivity index (χ0) is 15.9. The number of alkyl halides is 2. The zero-order valence-corrected chi connectivity index (χ0v) is 12.4. The maximum Gasteiger partial charge on any atom is 0.387 e. The average molecular weight is 308 g/mol. The van der Waals surface area contributed by atoms with Gasteiger partial charge in [0, 0.05) is 30.7 Å². The normalized spacial score (nSPS) is 10.8. The van der Waals surface area contributed by atoms with Crippen molar-refractivity contribution in [2.45, 2.75) is 33.1 Å². The minimum Gasteiger partial charge on any atom is -0.487 e. The van der Waals surface area contributed by atoms with Gasteiger partial charge >= 0.3 is 6.61 Å². The SMILES string of the molecule is CC(C)Oc1cc(NCc2cccnc2)ccc1OC(F)F. The van der Waals surface area contributed by atoms with Crippen LogP contribution in [0, 0.1) is 0 Å². The van der Waals surface area contributed by atoms with Crippen LogP contribution in [0.25, 0.3) is 0 Å². The van der Waals surface area contributed by atoms with Crippen LogP contribution in [-0.4, -0.2) is 17.7 Å². The van der Waals surface area contributed by atoms with Crippen molar-refractivity contribution < 1.29 is 18.3 Å². The van der Waals surface area contributed by atoms with Crippen LogP contribution in [0.3, 0.4) is 0 Å². The number of nitrogens with one attached hydrogen (secondary N) is 1. The standard InChI is InChI=1S/C16H18F2N2O2/c1-11(2)21-15-8-13(5-6-14(15)22-16(17)18)20-10-12-4-3-7-19-9-12/h3-9,11,16,20H,10H2,1-2H3. The predicted molar refractivity (Wildman–Crippen MR) is 80.4 cm³/mol. The number of anilines is 1. The van der Waals surface area contributed by atoms with Crippen molar-refractivity contribution in [3.05, 3.63) is 48.3 Å². The van der Waals surface area contributed by atoms with Crippen molar-refractivity contribution >= 4 is 5.69 Å². The predicted octanol–water partition coefficient (Wildman–Crippen LogP) is 4.08. The third kappa shape index (κ3) is 4.87. The zero-order valence-electron chi connectivity index (χ0n) is 12.4. The summed E-state index contributed by atoms with van der Waals surface area (Å²) >= 11 is 0. The molecule has 0 unspecified atom stereocenters. The van der Waals surface area contributed by atoms with E-state index in [4.69, 9.17) is 4.74 Å². The van der Waals surface area contributed by atoms with Crippen molar-refractivity contribution in [3.63, 3.8) is 0 Å². The highest BCUT2D eigenvalue weighted by atomic mass is 19.3. The topological polar surface area (TPSA) is 43.4 Å². The number of hydrogen-bond acceptors (Lipinski definition) is 4. The van der Waals surface area contributed by atoms with Crippen LogP contribution in [0.15, 0.2) is 42.7 Å². The lowest BCUT2D eigenvalue weighted by Crippen LogP contribution is -2.10. The number of pyridine rings is 1. The first kappa shape index (κ1) is 16.0. The van der Waals surface area contributed by atoms with Crippen LogP contribution in [-0.2, 0) is 6.54 Å². The number of halogens is 2. The number of hydrogen-bond donors (Lipinski definition) is 1. The molecule has 0 fully saturated rings. The van der Waals surface area contributed by atoms with Gasteiger partial charge in [0.25, 0.3) is 0 Å². The van der Waals surface area contributed by atoms with Crippen LogP contribution in [0.1, 0.15) is 19.4 Å². The molecule has 1 aromatic heterocycles. The van der Waals surface area contributed by atoms with Gasteiger partial charge in [-0.2, -0.15) is 8.78 Å². The van der Waals surface area contributed by atoms with Crippen LogP contribution in [0.4, 0.5) is 14.5 Å². The lowest BCUT2D eigenvalue weighted by molar-refractivity contribution is -0.0518. The third-order valence-electron chi connectivity index (χ3n) is 2.74. The summed E-state index contributed by atoms with van der Waals surface area (Å²) < 4.78 is 34.8. The maximum atomic E-state index is 12.4. The molecule has 2 rings (SSSR count). The Balaban J connectivity index is 2.11. The van der Waals surface area contributed by atoms with E-state index in [1.54, 1.807) is 24.5 Å². The summed E-state index contributed by atoms with van der Waals surface area (Å²) in [7, 11) is 0. The molecule has 118 valence electrons. The summed E-state index contributed by atoms with van der Waals surface area (Å²) in [5.41, 5.74) is 1.77. The Hall–Kier alpha value is -2.37. The van der Waals surface area contributed by atoms with Gasteiger partial charge in [0.2, 0.25) is 0 Å². The third-order valence-corrected chi connectivity index (χ3v) is 2.74. The minimum absolute atomic E-state index is 0.0237. The van der Waals surface area contributed by atoms with Gasteiger partial charge in [-0.3, -0.25) is 4.98 Å². The second-order valence-corrected chi connectivity index (χ2v) is 4.92.